The summed E-state index contributed by atoms with van der Waals surface area (Å²) in [5.41, 5.74) is 1.58. The van der Waals surface area contributed by atoms with Crippen LogP contribution in [0.5, 0.6) is 0 Å². The predicted molar refractivity (Wildman–Crippen MR) is 97.4 cm³/mol. The number of nitrogens with zero attached hydrogens (tertiary/aromatic N) is 4. The smallest absolute Gasteiger partial charge is 0.273 e. The average Bonchev–Trinajstić information content (AvgIpc) is 3.11. The van der Waals surface area contributed by atoms with Gasteiger partial charge in [0.25, 0.3) is 5.91 Å². The van der Waals surface area contributed by atoms with Crippen molar-refractivity contribution in [3.63, 3.8) is 0 Å². The third kappa shape index (κ3) is 4.30. The van der Waals surface area contributed by atoms with Crippen molar-refractivity contribution in [2.24, 2.45) is 0 Å². The normalized spacial score (nSPS) is 14.4. The molecule has 0 aliphatic carbocycles. The molecule has 0 saturated carbocycles. The summed E-state index contributed by atoms with van der Waals surface area (Å²) < 4.78 is 23.0. The Hall–Kier alpha value is -2.81. The first kappa shape index (κ1) is 19.0. The molecule has 142 valence electrons. The summed E-state index contributed by atoms with van der Waals surface area (Å²) in [5.74, 6) is -0.589. The minimum atomic E-state index is -3.28. The Kier molecular flexibility index (Phi) is 5.22. The van der Waals surface area contributed by atoms with Gasteiger partial charge in [-0.25, -0.2) is 18.4 Å². The van der Waals surface area contributed by atoms with Crippen LogP contribution in [0.25, 0.3) is 0 Å². The number of rotatable bonds is 4. The van der Waals surface area contributed by atoms with Crippen LogP contribution in [0, 0.1) is 6.92 Å². The molecule has 0 spiro atoms. The molecular weight excluding hydrogens is 368 g/mol. The van der Waals surface area contributed by atoms with Gasteiger partial charge in [0.15, 0.2) is 9.84 Å². The Bertz CT molecular complexity index is 956. The van der Waals surface area contributed by atoms with Crippen molar-refractivity contribution in [2.75, 3.05) is 19.3 Å². The van der Waals surface area contributed by atoms with Crippen LogP contribution in [0.2, 0.25) is 0 Å². The van der Waals surface area contributed by atoms with Gasteiger partial charge in [0.2, 0.25) is 5.91 Å². The predicted octanol–water partition coefficient (Wildman–Crippen LogP) is 1.02. The second-order valence-electron chi connectivity index (χ2n) is 6.43. The summed E-state index contributed by atoms with van der Waals surface area (Å²) in [6.45, 7) is 2.67. The molecule has 0 N–H and O–H groups in total. The molecule has 27 heavy (non-hydrogen) atoms. The first-order chi connectivity index (χ1) is 12.8. The number of amides is 2. The summed E-state index contributed by atoms with van der Waals surface area (Å²) in [7, 11) is -3.28. The minimum Gasteiger partial charge on any atom is -0.273 e. The number of carbonyl (C=O) groups is 2. The maximum absolute atomic E-state index is 12.7. The quantitative estimate of drug-likeness (QED) is 0.775. The van der Waals surface area contributed by atoms with Crippen molar-refractivity contribution < 1.29 is 18.0 Å². The first-order valence-corrected chi connectivity index (χ1v) is 10.3. The molecule has 2 heterocycles. The number of carbonyl (C=O) groups excluding carboxylic acids is 2. The molecule has 0 unspecified atom stereocenters. The van der Waals surface area contributed by atoms with E-state index < -0.39 is 9.84 Å². The van der Waals surface area contributed by atoms with Gasteiger partial charge in [-0.2, -0.15) is 0 Å². The highest BCUT2D eigenvalue weighted by Crippen LogP contribution is 2.17. The highest BCUT2D eigenvalue weighted by atomic mass is 32.2. The Morgan fingerprint density at radius 2 is 1.70 bits per heavy atom. The summed E-state index contributed by atoms with van der Waals surface area (Å²) in [4.78, 5) is 33.7. The lowest BCUT2D eigenvalue weighted by Crippen LogP contribution is -2.45. The van der Waals surface area contributed by atoms with Gasteiger partial charge in [-0.3, -0.25) is 19.6 Å². The van der Waals surface area contributed by atoms with Gasteiger partial charge >= 0.3 is 0 Å². The summed E-state index contributed by atoms with van der Waals surface area (Å²) in [5, 5.41) is 2.82. The standard InChI is InChI=1S/C18H20N4O4S/c1-13-11-20-16(12-19-13)18(24)22-9-3-8-21(22)17(23)10-14-4-6-15(7-5-14)27(2,25)26/h4-7,11-12H,3,8-10H2,1-2H3. The van der Waals surface area contributed by atoms with Crippen molar-refractivity contribution in [1.29, 1.82) is 0 Å². The molecule has 1 saturated heterocycles. The topological polar surface area (TPSA) is 101 Å². The number of aromatic nitrogens is 2. The van der Waals surface area contributed by atoms with E-state index in [9.17, 15) is 18.0 Å². The minimum absolute atomic E-state index is 0.0768. The van der Waals surface area contributed by atoms with Gasteiger partial charge in [-0.1, -0.05) is 12.1 Å². The molecule has 9 heteroatoms. The van der Waals surface area contributed by atoms with Crippen LogP contribution in [0.3, 0.4) is 0 Å². The van der Waals surface area contributed by atoms with Gasteiger partial charge in [0.1, 0.15) is 5.69 Å². The van der Waals surface area contributed by atoms with Crippen molar-refractivity contribution in [2.45, 2.75) is 24.7 Å². The highest BCUT2D eigenvalue weighted by Gasteiger charge is 2.31. The Morgan fingerprint density at radius 1 is 1.04 bits per heavy atom. The van der Waals surface area contributed by atoms with Crippen molar-refractivity contribution in [3.8, 4) is 0 Å². The number of sulfone groups is 1. The Labute approximate surface area is 157 Å². The molecule has 1 aromatic heterocycles. The van der Waals surface area contributed by atoms with Crippen LogP contribution in [-0.2, 0) is 21.1 Å². The molecule has 1 aliphatic heterocycles. The maximum atomic E-state index is 12.7. The highest BCUT2D eigenvalue weighted by molar-refractivity contribution is 7.90. The molecule has 3 rings (SSSR count). The van der Waals surface area contributed by atoms with E-state index in [0.717, 1.165) is 6.26 Å². The molecule has 2 amide bonds. The van der Waals surface area contributed by atoms with Crippen molar-refractivity contribution in [1.82, 2.24) is 20.0 Å². The molecule has 1 fully saturated rings. The van der Waals surface area contributed by atoms with Crippen molar-refractivity contribution >= 4 is 21.7 Å². The largest absolute Gasteiger partial charge is 0.292 e. The monoisotopic (exact) mass is 388 g/mol. The van der Waals surface area contributed by atoms with Crippen LogP contribution in [0.4, 0.5) is 0 Å². The molecule has 0 atom stereocenters. The number of hydrazine groups is 1. The van der Waals surface area contributed by atoms with E-state index in [0.29, 0.717) is 30.8 Å². The van der Waals surface area contributed by atoms with Gasteiger partial charge in [0, 0.05) is 25.5 Å². The van der Waals surface area contributed by atoms with Gasteiger partial charge in [-0.15, -0.1) is 0 Å². The second kappa shape index (κ2) is 7.43. The lowest BCUT2D eigenvalue weighted by molar-refractivity contribution is -0.139. The molecule has 2 aromatic rings. The molecule has 0 radical (unpaired) electrons. The van der Waals surface area contributed by atoms with Gasteiger partial charge < -0.3 is 0 Å². The van der Waals surface area contributed by atoms with E-state index in [2.05, 4.69) is 9.97 Å². The number of aryl methyl sites for hydroxylation is 1. The Morgan fingerprint density at radius 3 is 2.30 bits per heavy atom. The summed E-state index contributed by atoms with van der Waals surface area (Å²) in [6, 6.07) is 6.18. The van der Waals surface area contributed by atoms with Crippen LogP contribution in [0.1, 0.15) is 28.2 Å². The van der Waals surface area contributed by atoms with E-state index in [1.807, 2.05) is 0 Å². The van der Waals surface area contributed by atoms with E-state index in [1.54, 1.807) is 19.1 Å². The van der Waals surface area contributed by atoms with Crippen molar-refractivity contribution in [3.05, 3.63) is 53.6 Å². The van der Waals surface area contributed by atoms with Gasteiger partial charge in [-0.05, 0) is 31.0 Å². The van der Waals surface area contributed by atoms with E-state index in [1.165, 1.54) is 34.5 Å². The van der Waals surface area contributed by atoms with Crippen LogP contribution < -0.4 is 0 Å². The van der Waals surface area contributed by atoms with E-state index in [-0.39, 0.29) is 28.8 Å². The third-order valence-corrected chi connectivity index (χ3v) is 5.39. The first-order valence-electron chi connectivity index (χ1n) is 8.45. The molecule has 1 aromatic carbocycles. The zero-order valence-corrected chi connectivity index (χ0v) is 15.9. The van der Waals surface area contributed by atoms with E-state index >= 15 is 0 Å². The third-order valence-electron chi connectivity index (χ3n) is 4.26. The SMILES string of the molecule is Cc1cnc(C(=O)N2CCCN2C(=O)Cc2ccc(S(C)(=O)=O)cc2)cn1. The fourth-order valence-electron chi connectivity index (χ4n) is 2.84. The lowest BCUT2D eigenvalue weighted by atomic mass is 10.1. The fourth-order valence-corrected chi connectivity index (χ4v) is 3.47. The summed E-state index contributed by atoms with van der Waals surface area (Å²) in [6.07, 6.45) is 4.81. The molecule has 0 bridgehead atoms. The lowest BCUT2D eigenvalue weighted by Gasteiger charge is -2.27. The number of benzene rings is 1. The zero-order valence-electron chi connectivity index (χ0n) is 15.1. The van der Waals surface area contributed by atoms with Crippen LogP contribution in [-0.4, -0.2) is 59.6 Å². The van der Waals surface area contributed by atoms with Crippen LogP contribution in [0.15, 0.2) is 41.6 Å². The van der Waals surface area contributed by atoms with E-state index in [4.69, 9.17) is 0 Å². The molecule has 1 aliphatic rings. The molecule has 8 nitrogen and oxygen atoms in total. The van der Waals surface area contributed by atoms with Crippen LogP contribution >= 0.6 is 0 Å². The zero-order chi connectivity index (χ0) is 19.6. The Balaban J connectivity index is 1.72. The fraction of sp³-hybridized carbons (Fsp3) is 0.333. The maximum Gasteiger partial charge on any atom is 0.292 e. The van der Waals surface area contributed by atoms with Gasteiger partial charge in [0.05, 0.1) is 23.2 Å². The summed E-state index contributed by atoms with van der Waals surface area (Å²) >= 11 is 0. The average molecular weight is 388 g/mol. The second-order valence-corrected chi connectivity index (χ2v) is 8.45. The number of hydrogen-bond acceptors (Lipinski definition) is 6. The number of hydrogen-bond donors (Lipinski definition) is 0. The molecular formula is C18H20N4O4S.